The van der Waals surface area contributed by atoms with E-state index in [1.807, 2.05) is 25.1 Å². The lowest BCUT2D eigenvalue weighted by atomic mass is 10.1. The maximum atomic E-state index is 5.97. The van der Waals surface area contributed by atoms with Crippen LogP contribution >= 0.6 is 11.3 Å². The number of fused-ring (bicyclic) bond motifs is 1. The monoisotopic (exact) mass is 433 g/mol. The van der Waals surface area contributed by atoms with Gasteiger partial charge in [-0.1, -0.05) is 35.6 Å². The molecule has 0 amide bonds. The van der Waals surface area contributed by atoms with Gasteiger partial charge in [0, 0.05) is 19.0 Å². The van der Waals surface area contributed by atoms with E-state index in [-0.39, 0.29) is 0 Å². The van der Waals surface area contributed by atoms with E-state index < -0.39 is 0 Å². The Hall–Kier alpha value is -2.77. The van der Waals surface area contributed by atoms with Crippen LogP contribution in [-0.2, 0) is 12.8 Å². The third-order valence-corrected chi connectivity index (χ3v) is 6.56. The van der Waals surface area contributed by atoms with Crippen molar-refractivity contribution in [2.75, 3.05) is 13.1 Å². The van der Waals surface area contributed by atoms with Crippen molar-refractivity contribution in [1.82, 2.24) is 25.1 Å². The molecule has 0 bridgehead atoms. The number of benzene rings is 2. The van der Waals surface area contributed by atoms with Crippen LogP contribution in [0, 0.1) is 6.92 Å². The molecule has 1 N–H and O–H groups in total. The maximum Gasteiger partial charge on any atom is 0.279 e. The number of nitrogens with one attached hydrogen (secondary N) is 1. The number of H-pyrrole nitrogens is 1. The Morgan fingerprint density at radius 2 is 1.87 bits per heavy atom. The lowest BCUT2D eigenvalue weighted by Gasteiger charge is -2.21. The van der Waals surface area contributed by atoms with Crippen LogP contribution in [0.2, 0.25) is 0 Å². The normalized spacial score (nSPS) is 13.9. The van der Waals surface area contributed by atoms with E-state index in [1.165, 1.54) is 18.4 Å². The second-order valence-electron chi connectivity index (χ2n) is 8.15. The first-order valence-corrected chi connectivity index (χ1v) is 11.8. The van der Waals surface area contributed by atoms with Gasteiger partial charge in [-0.3, -0.25) is 5.10 Å². The van der Waals surface area contributed by atoms with Gasteiger partial charge >= 0.3 is 0 Å². The predicted octanol–water partition coefficient (Wildman–Crippen LogP) is 5.15. The van der Waals surface area contributed by atoms with Crippen LogP contribution < -0.4 is 4.74 Å². The quantitative estimate of drug-likeness (QED) is 0.374. The van der Waals surface area contributed by atoms with Crippen molar-refractivity contribution in [3.05, 3.63) is 65.7 Å². The van der Waals surface area contributed by atoms with E-state index in [1.54, 1.807) is 11.3 Å². The van der Waals surface area contributed by atoms with Gasteiger partial charge in [0.25, 0.3) is 5.19 Å². The molecule has 2 aromatic carbocycles. The summed E-state index contributed by atoms with van der Waals surface area (Å²) in [5.74, 6) is 2.66. The van der Waals surface area contributed by atoms with Crippen LogP contribution in [0.25, 0.3) is 10.2 Å². The minimum absolute atomic E-state index is 0.690. The minimum Gasteiger partial charge on any atom is -0.431 e. The summed E-state index contributed by atoms with van der Waals surface area (Å²) in [5, 5.41) is 7.86. The zero-order chi connectivity index (χ0) is 21.0. The third kappa shape index (κ3) is 5.29. The number of rotatable bonds is 10. The molecule has 0 unspecified atom stereocenters. The van der Waals surface area contributed by atoms with Gasteiger partial charge in [0.05, 0.1) is 10.2 Å². The van der Waals surface area contributed by atoms with Crippen molar-refractivity contribution in [1.29, 1.82) is 0 Å². The fourth-order valence-corrected chi connectivity index (χ4v) is 4.68. The number of aromatic amines is 1. The zero-order valence-electron chi connectivity index (χ0n) is 17.8. The number of nitrogens with zero attached hydrogens (tertiary/aromatic N) is 4. The van der Waals surface area contributed by atoms with Gasteiger partial charge in [-0.05, 0) is 69.0 Å². The molecule has 1 fully saturated rings. The van der Waals surface area contributed by atoms with Crippen LogP contribution in [0.1, 0.15) is 36.5 Å². The average molecular weight is 434 g/mol. The Bertz CT molecular complexity index is 1100. The third-order valence-electron chi connectivity index (χ3n) is 5.64. The summed E-state index contributed by atoms with van der Waals surface area (Å²) in [5.41, 5.74) is 2.32. The highest BCUT2D eigenvalue weighted by atomic mass is 32.1. The molecule has 1 saturated carbocycles. The lowest BCUT2D eigenvalue weighted by molar-refractivity contribution is 0.263. The van der Waals surface area contributed by atoms with Gasteiger partial charge in [0.1, 0.15) is 11.6 Å². The molecule has 6 nitrogen and oxygen atoms in total. The van der Waals surface area contributed by atoms with Gasteiger partial charge in [0.2, 0.25) is 0 Å². The van der Waals surface area contributed by atoms with Crippen molar-refractivity contribution >= 4 is 21.6 Å². The van der Waals surface area contributed by atoms with E-state index in [4.69, 9.17) is 4.74 Å². The van der Waals surface area contributed by atoms with Crippen LogP contribution in [0.15, 0.2) is 48.5 Å². The molecule has 0 spiro atoms. The van der Waals surface area contributed by atoms with Gasteiger partial charge < -0.3 is 9.64 Å². The first kappa shape index (κ1) is 20.2. The summed E-state index contributed by atoms with van der Waals surface area (Å²) in [6.45, 7) is 4.15. The van der Waals surface area contributed by atoms with Crippen LogP contribution in [0.4, 0.5) is 0 Å². The molecular formula is C24H27N5OS. The molecule has 1 aliphatic carbocycles. The molecular weight excluding hydrogens is 406 g/mol. The van der Waals surface area contributed by atoms with Crippen LogP contribution in [0.3, 0.4) is 0 Å². The summed E-state index contributed by atoms with van der Waals surface area (Å²) in [6, 6.07) is 17.3. The zero-order valence-corrected chi connectivity index (χ0v) is 18.6. The molecule has 0 aliphatic heterocycles. The lowest BCUT2D eigenvalue weighted by Crippen LogP contribution is -2.29. The summed E-state index contributed by atoms with van der Waals surface area (Å²) < 4.78 is 7.12. The SMILES string of the molecule is Cc1nc(CCCN(CCc2ccc(Oc3nc4ccccc4s3)cc2)C2CC2)n[nH]1. The van der Waals surface area contributed by atoms with Crippen molar-refractivity contribution in [3.63, 3.8) is 0 Å². The predicted molar refractivity (Wildman–Crippen MR) is 124 cm³/mol. The number of aromatic nitrogens is 4. The fourth-order valence-electron chi connectivity index (χ4n) is 3.85. The Morgan fingerprint density at radius 1 is 1.03 bits per heavy atom. The van der Waals surface area contributed by atoms with Crippen molar-refractivity contribution < 1.29 is 4.74 Å². The van der Waals surface area contributed by atoms with Gasteiger partial charge in [0.15, 0.2) is 5.82 Å². The summed E-state index contributed by atoms with van der Waals surface area (Å²) in [4.78, 5) is 11.6. The fraction of sp³-hybridized carbons (Fsp3) is 0.375. The van der Waals surface area contributed by atoms with Crippen molar-refractivity contribution in [2.24, 2.45) is 0 Å². The molecule has 7 heteroatoms. The molecule has 0 radical (unpaired) electrons. The van der Waals surface area contributed by atoms with Crippen LogP contribution in [-0.4, -0.2) is 44.2 Å². The Balaban J connectivity index is 1.12. The van der Waals surface area contributed by atoms with Gasteiger partial charge in [-0.25, -0.2) is 9.97 Å². The molecule has 2 aromatic heterocycles. The average Bonchev–Trinajstić information content (AvgIpc) is 3.41. The smallest absolute Gasteiger partial charge is 0.279 e. The Morgan fingerprint density at radius 3 is 2.61 bits per heavy atom. The Labute approximate surface area is 186 Å². The summed E-state index contributed by atoms with van der Waals surface area (Å²) in [7, 11) is 0. The second kappa shape index (κ2) is 9.16. The van der Waals surface area contributed by atoms with E-state index in [9.17, 15) is 0 Å². The molecule has 4 aromatic rings. The number of aryl methyl sites for hydroxylation is 2. The molecule has 0 saturated heterocycles. The van der Waals surface area contributed by atoms with E-state index in [0.29, 0.717) is 5.19 Å². The molecule has 160 valence electrons. The van der Waals surface area contributed by atoms with Crippen molar-refractivity contribution in [2.45, 2.75) is 45.1 Å². The number of hydrogen-bond acceptors (Lipinski definition) is 6. The molecule has 2 heterocycles. The van der Waals surface area contributed by atoms with E-state index in [2.05, 4.69) is 55.4 Å². The number of ether oxygens (including phenoxy) is 1. The molecule has 0 atom stereocenters. The van der Waals surface area contributed by atoms with Crippen LogP contribution in [0.5, 0.6) is 10.9 Å². The highest BCUT2D eigenvalue weighted by Crippen LogP contribution is 2.31. The molecule has 31 heavy (non-hydrogen) atoms. The van der Waals surface area contributed by atoms with E-state index >= 15 is 0 Å². The molecule has 5 rings (SSSR count). The first-order chi connectivity index (χ1) is 15.2. The highest BCUT2D eigenvalue weighted by molar-refractivity contribution is 7.20. The number of thiazole rings is 1. The maximum absolute atomic E-state index is 5.97. The van der Waals surface area contributed by atoms with Gasteiger partial charge in [-0.2, -0.15) is 5.10 Å². The highest BCUT2D eigenvalue weighted by Gasteiger charge is 2.28. The first-order valence-electron chi connectivity index (χ1n) is 11.0. The largest absolute Gasteiger partial charge is 0.431 e. The van der Waals surface area contributed by atoms with E-state index in [0.717, 1.165) is 66.0 Å². The number of para-hydroxylation sites is 1. The molecule has 1 aliphatic rings. The minimum atomic E-state index is 0.690. The second-order valence-corrected chi connectivity index (χ2v) is 9.14. The summed E-state index contributed by atoms with van der Waals surface area (Å²) in [6.07, 6.45) is 5.75. The standard InChI is InChI=1S/C24H27N5OS/c1-17-25-23(28-27-17)7-4-15-29(19-10-11-19)16-14-18-8-12-20(13-9-18)30-24-26-21-5-2-3-6-22(21)31-24/h2-3,5-6,8-9,12-13,19H,4,7,10-11,14-16H2,1H3,(H,25,27,28). The summed E-state index contributed by atoms with van der Waals surface area (Å²) >= 11 is 1.58. The Kier molecular flexibility index (Phi) is 5.95. The van der Waals surface area contributed by atoms with Gasteiger partial charge in [-0.15, -0.1) is 0 Å². The van der Waals surface area contributed by atoms with Crippen molar-refractivity contribution in [3.8, 4) is 10.9 Å². The number of hydrogen-bond donors (Lipinski definition) is 1. The topological polar surface area (TPSA) is 66.9 Å².